The van der Waals surface area contributed by atoms with Gasteiger partial charge in [-0.1, -0.05) is 35.1 Å². The molecule has 1 aliphatic rings. The molecule has 1 aromatic heterocycles. The molecule has 0 N–H and O–H groups in total. The van der Waals surface area contributed by atoms with Crippen molar-refractivity contribution in [2.24, 2.45) is 0 Å². The van der Waals surface area contributed by atoms with Gasteiger partial charge in [-0.15, -0.1) is 0 Å². The number of hydrogen-bond donors (Lipinski definition) is 0. The van der Waals surface area contributed by atoms with Crippen LogP contribution in [0.25, 0.3) is 11.3 Å². The fourth-order valence-corrected chi connectivity index (χ4v) is 3.61. The topological polar surface area (TPSA) is 76.6 Å². The first kappa shape index (κ1) is 16.6. The molecule has 0 unspecified atom stereocenters. The van der Waals surface area contributed by atoms with Gasteiger partial charge in [0, 0.05) is 28.3 Å². The highest BCUT2D eigenvalue weighted by Gasteiger charge is 2.33. The number of amides is 2. The molecule has 0 radical (unpaired) electrons. The SMILES string of the molecule is COC(=O)Cc1sc(N2C(=O)CCC2=O)nc1-c1ccc(Cl)cc1. The maximum Gasteiger partial charge on any atom is 0.310 e. The molecule has 8 heteroatoms. The Morgan fingerprint density at radius 1 is 1.25 bits per heavy atom. The monoisotopic (exact) mass is 364 g/mol. The van der Waals surface area contributed by atoms with E-state index in [9.17, 15) is 14.4 Å². The van der Waals surface area contributed by atoms with Crippen LogP contribution in [0.4, 0.5) is 5.13 Å². The molecule has 1 saturated heterocycles. The number of carbonyl (C=O) groups excluding carboxylic acids is 3. The van der Waals surface area contributed by atoms with Crippen LogP contribution in [0.2, 0.25) is 5.02 Å². The molecule has 2 amide bonds. The van der Waals surface area contributed by atoms with Crippen LogP contribution in [0.5, 0.6) is 0 Å². The van der Waals surface area contributed by atoms with Crippen LogP contribution in [0.1, 0.15) is 17.7 Å². The van der Waals surface area contributed by atoms with Crippen molar-refractivity contribution in [2.45, 2.75) is 19.3 Å². The molecular formula is C16H13ClN2O4S. The maximum atomic E-state index is 11.9. The van der Waals surface area contributed by atoms with Gasteiger partial charge in [-0.3, -0.25) is 14.4 Å². The van der Waals surface area contributed by atoms with Crippen molar-refractivity contribution < 1.29 is 19.1 Å². The van der Waals surface area contributed by atoms with E-state index in [1.807, 2.05) is 0 Å². The highest BCUT2D eigenvalue weighted by Crippen LogP contribution is 2.36. The number of halogens is 1. The lowest BCUT2D eigenvalue weighted by molar-refractivity contribution is -0.139. The van der Waals surface area contributed by atoms with E-state index in [1.165, 1.54) is 7.11 Å². The van der Waals surface area contributed by atoms with Gasteiger partial charge in [0.2, 0.25) is 11.8 Å². The summed E-state index contributed by atoms with van der Waals surface area (Å²) in [5.74, 6) is -0.971. The summed E-state index contributed by atoms with van der Waals surface area (Å²) in [5, 5.41) is 0.861. The van der Waals surface area contributed by atoms with Crippen molar-refractivity contribution in [3.05, 3.63) is 34.2 Å². The van der Waals surface area contributed by atoms with Crippen LogP contribution >= 0.6 is 22.9 Å². The minimum atomic E-state index is -0.417. The lowest BCUT2D eigenvalue weighted by atomic mass is 10.1. The van der Waals surface area contributed by atoms with Gasteiger partial charge in [0.25, 0.3) is 0 Å². The molecule has 0 aliphatic carbocycles. The smallest absolute Gasteiger partial charge is 0.310 e. The predicted molar refractivity (Wildman–Crippen MR) is 90.0 cm³/mol. The van der Waals surface area contributed by atoms with E-state index in [0.29, 0.717) is 15.6 Å². The van der Waals surface area contributed by atoms with Crippen molar-refractivity contribution in [2.75, 3.05) is 12.0 Å². The summed E-state index contributed by atoms with van der Waals surface area (Å²) >= 11 is 7.05. The van der Waals surface area contributed by atoms with Crippen LogP contribution in [-0.4, -0.2) is 29.9 Å². The third kappa shape index (κ3) is 3.18. The molecule has 1 aromatic carbocycles. The Morgan fingerprint density at radius 3 is 2.46 bits per heavy atom. The third-order valence-corrected chi connectivity index (χ3v) is 4.87. The number of anilines is 1. The Hall–Kier alpha value is -2.25. The second kappa shape index (κ2) is 6.70. The van der Waals surface area contributed by atoms with Crippen LogP contribution in [-0.2, 0) is 25.5 Å². The summed E-state index contributed by atoms with van der Waals surface area (Å²) in [6, 6.07) is 6.97. The summed E-state index contributed by atoms with van der Waals surface area (Å²) in [6.07, 6.45) is 0.379. The van der Waals surface area contributed by atoms with Crippen LogP contribution in [0.3, 0.4) is 0 Å². The third-order valence-electron chi connectivity index (χ3n) is 3.58. The van der Waals surface area contributed by atoms with Crippen molar-refractivity contribution >= 4 is 45.9 Å². The molecule has 0 atom stereocenters. The van der Waals surface area contributed by atoms with Crippen molar-refractivity contribution in [3.63, 3.8) is 0 Å². The van der Waals surface area contributed by atoms with Gasteiger partial charge in [0.15, 0.2) is 5.13 Å². The Kier molecular flexibility index (Phi) is 4.64. The first-order valence-electron chi connectivity index (χ1n) is 7.18. The molecule has 0 saturated carbocycles. The van der Waals surface area contributed by atoms with Gasteiger partial charge in [-0.25, -0.2) is 9.88 Å². The summed E-state index contributed by atoms with van der Waals surface area (Å²) in [6.45, 7) is 0. The molecule has 1 fully saturated rings. The number of aromatic nitrogens is 1. The summed E-state index contributed by atoms with van der Waals surface area (Å²) in [4.78, 5) is 41.7. The van der Waals surface area contributed by atoms with E-state index in [0.717, 1.165) is 21.8 Å². The fourth-order valence-electron chi connectivity index (χ4n) is 2.38. The molecule has 2 aromatic rings. The molecule has 0 spiro atoms. The van der Waals surface area contributed by atoms with Crippen molar-refractivity contribution in [1.29, 1.82) is 0 Å². The van der Waals surface area contributed by atoms with Crippen molar-refractivity contribution in [1.82, 2.24) is 4.98 Å². The summed E-state index contributed by atoms with van der Waals surface area (Å²) < 4.78 is 4.71. The minimum absolute atomic E-state index is 0.0162. The Balaban J connectivity index is 2.05. The van der Waals surface area contributed by atoms with E-state index >= 15 is 0 Å². The fraction of sp³-hybridized carbons (Fsp3) is 0.250. The quantitative estimate of drug-likeness (QED) is 0.616. The van der Waals surface area contributed by atoms with Gasteiger partial charge >= 0.3 is 5.97 Å². The first-order chi connectivity index (χ1) is 11.5. The number of thiazole rings is 1. The Labute approximate surface area is 147 Å². The standard InChI is InChI=1S/C16H13ClN2O4S/c1-23-14(22)8-11-15(9-2-4-10(17)5-3-9)18-16(24-11)19-12(20)6-7-13(19)21/h2-5H,6-8H2,1H3. The molecule has 24 heavy (non-hydrogen) atoms. The zero-order valence-corrected chi connectivity index (χ0v) is 14.3. The second-order valence-electron chi connectivity index (χ2n) is 5.15. The van der Waals surface area contributed by atoms with E-state index in [4.69, 9.17) is 16.3 Å². The van der Waals surface area contributed by atoms with Crippen LogP contribution < -0.4 is 4.90 Å². The number of esters is 1. The maximum absolute atomic E-state index is 11.9. The van der Waals surface area contributed by atoms with E-state index < -0.39 is 5.97 Å². The molecule has 6 nitrogen and oxygen atoms in total. The molecule has 3 rings (SSSR count). The number of imide groups is 1. The molecule has 0 bridgehead atoms. The summed E-state index contributed by atoms with van der Waals surface area (Å²) in [7, 11) is 1.31. The Morgan fingerprint density at radius 2 is 1.88 bits per heavy atom. The number of methoxy groups -OCH3 is 1. The molecule has 2 heterocycles. The van der Waals surface area contributed by atoms with E-state index in [-0.39, 0.29) is 36.2 Å². The minimum Gasteiger partial charge on any atom is -0.469 e. The number of carbonyl (C=O) groups is 3. The van der Waals surface area contributed by atoms with E-state index in [2.05, 4.69) is 4.98 Å². The Bertz CT molecular complexity index is 800. The highest BCUT2D eigenvalue weighted by atomic mass is 35.5. The van der Waals surface area contributed by atoms with Gasteiger partial charge in [-0.2, -0.15) is 0 Å². The highest BCUT2D eigenvalue weighted by molar-refractivity contribution is 7.16. The average molecular weight is 365 g/mol. The number of ether oxygens (including phenoxy) is 1. The lowest BCUT2D eigenvalue weighted by Crippen LogP contribution is -2.28. The number of hydrogen-bond acceptors (Lipinski definition) is 6. The second-order valence-corrected chi connectivity index (χ2v) is 6.65. The van der Waals surface area contributed by atoms with Crippen LogP contribution in [0.15, 0.2) is 24.3 Å². The molecule has 124 valence electrons. The molecule has 1 aliphatic heterocycles. The van der Waals surface area contributed by atoms with E-state index in [1.54, 1.807) is 24.3 Å². The number of nitrogens with zero attached hydrogens (tertiary/aromatic N) is 2. The van der Waals surface area contributed by atoms with Gasteiger partial charge in [-0.05, 0) is 12.1 Å². The predicted octanol–water partition coefficient (Wildman–Crippen LogP) is 2.83. The van der Waals surface area contributed by atoms with Gasteiger partial charge in [0.1, 0.15) is 0 Å². The zero-order valence-electron chi connectivity index (χ0n) is 12.7. The number of benzene rings is 1. The first-order valence-corrected chi connectivity index (χ1v) is 8.37. The number of rotatable bonds is 4. The lowest BCUT2D eigenvalue weighted by Gasteiger charge is -2.08. The normalized spacial score (nSPS) is 14.3. The molecular weight excluding hydrogens is 352 g/mol. The largest absolute Gasteiger partial charge is 0.469 e. The van der Waals surface area contributed by atoms with Crippen molar-refractivity contribution in [3.8, 4) is 11.3 Å². The zero-order chi connectivity index (χ0) is 17.3. The summed E-state index contributed by atoms with van der Waals surface area (Å²) in [5.41, 5.74) is 1.30. The van der Waals surface area contributed by atoms with Crippen LogP contribution in [0, 0.1) is 0 Å². The van der Waals surface area contributed by atoms with Gasteiger partial charge < -0.3 is 4.74 Å². The van der Waals surface area contributed by atoms with Gasteiger partial charge in [0.05, 0.1) is 19.2 Å². The average Bonchev–Trinajstić information content (AvgIpc) is 3.11.